The number of nitrogens with zero attached hydrogens (tertiary/aromatic N) is 5. The molecule has 0 aliphatic heterocycles. The molecule has 0 atom stereocenters. The zero-order chi connectivity index (χ0) is 13.8. The van der Waals surface area contributed by atoms with Crippen LogP contribution in [-0.2, 0) is 13.6 Å². The normalized spacial score (nSPS) is 11.1. The fourth-order valence-corrected chi connectivity index (χ4v) is 2.53. The third-order valence-electron chi connectivity index (χ3n) is 2.78. The van der Waals surface area contributed by atoms with E-state index >= 15 is 0 Å². The molecule has 2 rings (SSSR count). The fourth-order valence-electron chi connectivity index (χ4n) is 1.87. The van der Waals surface area contributed by atoms with E-state index in [0.29, 0.717) is 18.3 Å². The lowest BCUT2D eigenvalue weighted by Crippen LogP contribution is -2.28. The van der Waals surface area contributed by atoms with Crippen LogP contribution in [0.5, 0.6) is 0 Å². The topological polar surface area (TPSA) is 46.8 Å². The van der Waals surface area contributed by atoms with Gasteiger partial charge in [-0.3, -0.25) is 4.90 Å². The second kappa shape index (κ2) is 8.20. The number of imidazole rings is 1. The molecule has 0 unspecified atom stereocenters. The summed E-state index contributed by atoms with van der Waals surface area (Å²) < 4.78 is 1.82. The lowest BCUT2D eigenvalue weighted by atomic mass is 10.3. The van der Waals surface area contributed by atoms with Gasteiger partial charge in [0.25, 0.3) is 0 Å². The van der Waals surface area contributed by atoms with Crippen molar-refractivity contribution in [1.29, 1.82) is 0 Å². The predicted molar refractivity (Wildman–Crippen MR) is 85.3 cm³/mol. The summed E-state index contributed by atoms with van der Waals surface area (Å²) in [6.07, 6.45) is 1.70. The van der Waals surface area contributed by atoms with Crippen molar-refractivity contribution >= 4 is 58.4 Å². The monoisotopic (exact) mass is 357 g/mol. The van der Waals surface area contributed by atoms with Gasteiger partial charge < -0.3 is 4.57 Å². The molecule has 0 spiro atoms. The summed E-state index contributed by atoms with van der Waals surface area (Å²) in [5, 5.41) is 0.225. The fraction of sp³-hybridized carbons (Fsp3) is 0.545. The molecule has 2 aromatic heterocycles. The Morgan fingerprint density at radius 1 is 1.20 bits per heavy atom. The first-order chi connectivity index (χ1) is 9.15. The third-order valence-corrected chi connectivity index (χ3v) is 3.29. The molecule has 2 heterocycles. The number of hydrogen-bond donors (Lipinski definition) is 0. The molecule has 0 aliphatic rings. The summed E-state index contributed by atoms with van der Waals surface area (Å²) in [5.41, 5.74) is 2.29. The van der Waals surface area contributed by atoms with E-state index in [1.165, 1.54) is 0 Å². The van der Waals surface area contributed by atoms with Crippen LogP contribution in [0.1, 0.15) is 5.69 Å². The maximum absolute atomic E-state index is 5.96. The van der Waals surface area contributed by atoms with E-state index in [4.69, 9.17) is 34.8 Å². The van der Waals surface area contributed by atoms with E-state index in [0.717, 1.165) is 29.9 Å². The van der Waals surface area contributed by atoms with Crippen LogP contribution in [0.4, 0.5) is 0 Å². The maximum atomic E-state index is 5.96. The van der Waals surface area contributed by atoms with Crippen molar-refractivity contribution in [2.75, 3.05) is 24.8 Å². The van der Waals surface area contributed by atoms with Crippen LogP contribution in [-0.4, -0.2) is 49.3 Å². The van der Waals surface area contributed by atoms with Crippen molar-refractivity contribution in [3.63, 3.8) is 0 Å². The highest BCUT2D eigenvalue weighted by Gasteiger charge is 2.14. The number of hydrogen-bond acceptors (Lipinski definition) is 4. The Bertz CT molecular complexity index is 553. The highest BCUT2D eigenvalue weighted by molar-refractivity contribution is 6.28. The molecule has 0 fully saturated rings. The van der Waals surface area contributed by atoms with Gasteiger partial charge in [0, 0.05) is 38.4 Å². The minimum atomic E-state index is 0. The van der Waals surface area contributed by atoms with Crippen molar-refractivity contribution in [2.24, 2.45) is 7.05 Å². The van der Waals surface area contributed by atoms with Gasteiger partial charge in [0.05, 0.1) is 12.0 Å². The lowest BCUT2D eigenvalue weighted by Gasteiger charge is -2.19. The Morgan fingerprint density at radius 2 is 1.85 bits per heavy atom. The van der Waals surface area contributed by atoms with Gasteiger partial charge in [-0.15, -0.1) is 35.6 Å². The Labute approximate surface area is 138 Å². The molecule has 5 nitrogen and oxygen atoms in total. The number of fused-ring (bicyclic) bond motifs is 1. The van der Waals surface area contributed by atoms with Crippen molar-refractivity contribution in [3.8, 4) is 0 Å². The molecule has 112 valence electrons. The summed E-state index contributed by atoms with van der Waals surface area (Å²) in [4.78, 5) is 14.9. The Balaban J connectivity index is 0.00000200. The first kappa shape index (κ1) is 17.7. The van der Waals surface area contributed by atoms with Crippen LogP contribution in [0.3, 0.4) is 0 Å². The predicted octanol–water partition coefficient (Wildman–Crippen LogP) is 2.72. The van der Waals surface area contributed by atoms with E-state index < -0.39 is 0 Å². The SMILES string of the molecule is Cl.Cn1cnc2c(CN(CCCl)CCCl)nc(Cl)nc21. The summed E-state index contributed by atoms with van der Waals surface area (Å²) >= 11 is 17.5. The molecule has 0 saturated carbocycles. The summed E-state index contributed by atoms with van der Waals surface area (Å²) in [6, 6.07) is 0. The van der Waals surface area contributed by atoms with Gasteiger partial charge in [0.1, 0.15) is 5.52 Å². The zero-order valence-corrected chi connectivity index (χ0v) is 14.0. The largest absolute Gasteiger partial charge is 0.318 e. The summed E-state index contributed by atoms with van der Waals surface area (Å²) in [5.74, 6) is 1.09. The minimum Gasteiger partial charge on any atom is -0.318 e. The zero-order valence-electron chi connectivity index (χ0n) is 10.9. The van der Waals surface area contributed by atoms with E-state index in [2.05, 4.69) is 19.9 Å². The number of halogens is 4. The van der Waals surface area contributed by atoms with Crippen molar-refractivity contribution in [1.82, 2.24) is 24.4 Å². The van der Waals surface area contributed by atoms with Crippen molar-refractivity contribution in [3.05, 3.63) is 17.3 Å². The minimum absolute atomic E-state index is 0. The van der Waals surface area contributed by atoms with E-state index in [1.807, 2.05) is 11.6 Å². The molecule has 0 aliphatic carbocycles. The van der Waals surface area contributed by atoms with Gasteiger partial charge in [-0.2, -0.15) is 4.98 Å². The van der Waals surface area contributed by atoms with Crippen LogP contribution in [0, 0.1) is 0 Å². The number of rotatable bonds is 6. The molecular formula is C11H15Cl4N5. The average molecular weight is 359 g/mol. The van der Waals surface area contributed by atoms with E-state index in [9.17, 15) is 0 Å². The Kier molecular flexibility index (Phi) is 7.26. The average Bonchev–Trinajstić information content (AvgIpc) is 2.72. The van der Waals surface area contributed by atoms with Gasteiger partial charge >= 0.3 is 0 Å². The lowest BCUT2D eigenvalue weighted by molar-refractivity contribution is 0.297. The highest BCUT2D eigenvalue weighted by Crippen LogP contribution is 2.17. The maximum Gasteiger partial charge on any atom is 0.224 e. The Morgan fingerprint density at radius 3 is 2.45 bits per heavy atom. The second-order valence-corrected chi connectivity index (χ2v) is 5.22. The quantitative estimate of drug-likeness (QED) is 0.588. The molecule has 20 heavy (non-hydrogen) atoms. The van der Waals surface area contributed by atoms with Gasteiger partial charge in [0.15, 0.2) is 5.65 Å². The summed E-state index contributed by atoms with van der Waals surface area (Å²) in [7, 11) is 1.87. The molecule has 9 heteroatoms. The summed E-state index contributed by atoms with van der Waals surface area (Å²) in [6.45, 7) is 2.09. The number of aromatic nitrogens is 4. The van der Waals surface area contributed by atoms with Crippen LogP contribution < -0.4 is 0 Å². The van der Waals surface area contributed by atoms with Crippen LogP contribution >= 0.6 is 47.2 Å². The molecule has 0 N–H and O–H groups in total. The van der Waals surface area contributed by atoms with Gasteiger partial charge in [-0.05, 0) is 11.6 Å². The third kappa shape index (κ3) is 4.09. The molecule has 0 saturated heterocycles. The molecule has 0 bridgehead atoms. The first-order valence-electron chi connectivity index (χ1n) is 5.83. The molecular weight excluding hydrogens is 344 g/mol. The molecule has 0 aromatic carbocycles. The number of alkyl halides is 2. The van der Waals surface area contributed by atoms with Crippen LogP contribution in [0.25, 0.3) is 11.2 Å². The van der Waals surface area contributed by atoms with E-state index in [1.54, 1.807) is 6.33 Å². The highest BCUT2D eigenvalue weighted by atomic mass is 35.5. The van der Waals surface area contributed by atoms with Crippen LogP contribution in [0.15, 0.2) is 6.33 Å². The molecule has 0 radical (unpaired) electrons. The first-order valence-corrected chi connectivity index (χ1v) is 7.28. The van der Waals surface area contributed by atoms with Gasteiger partial charge in [-0.25, -0.2) is 9.97 Å². The molecule has 2 aromatic rings. The van der Waals surface area contributed by atoms with Crippen LogP contribution in [0.2, 0.25) is 5.28 Å². The second-order valence-electron chi connectivity index (χ2n) is 4.12. The van der Waals surface area contributed by atoms with Gasteiger partial charge in [-0.1, -0.05) is 0 Å². The van der Waals surface area contributed by atoms with E-state index in [-0.39, 0.29) is 17.7 Å². The van der Waals surface area contributed by atoms with Crippen molar-refractivity contribution < 1.29 is 0 Å². The smallest absolute Gasteiger partial charge is 0.224 e. The Hall–Kier alpha value is -0.330. The van der Waals surface area contributed by atoms with Crippen molar-refractivity contribution in [2.45, 2.75) is 6.54 Å². The standard InChI is InChI=1S/C11H14Cl3N5.ClH/c1-18-7-15-9-8(16-11(14)17-10(9)18)6-19(4-2-12)5-3-13;/h7H,2-6H2,1H3;1H. The molecule has 0 amide bonds. The van der Waals surface area contributed by atoms with Gasteiger partial charge in [0.2, 0.25) is 5.28 Å². The number of aryl methyl sites for hydroxylation is 1.